The highest BCUT2D eigenvalue weighted by Gasteiger charge is 2.23. The zero-order valence-electron chi connectivity index (χ0n) is 7.68. The summed E-state index contributed by atoms with van der Waals surface area (Å²) in [5.41, 5.74) is 0.795. The van der Waals surface area contributed by atoms with Crippen molar-refractivity contribution in [3.05, 3.63) is 29.8 Å². The summed E-state index contributed by atoms with van der Waals surface area (Å²) in [5, 5.41) is 0. The zero-order valence-corrected chi connectivity index (χ0v) is 7.68. The van der Waals surface area contributed by atoms with E-state index in [9.17, 15) is 8.78 Å². The lowest BCUT2D eigenvalue weighted by Crippen LogP contribution is -2.19. The number of hydrogen-bond donors (Lipinski definition) is 0. The van der Waals surface area contributed by atoms with Gasteiger partial charge in [0.05, 0.1) is 0 Å². The monoisotopic (exact) mass is 186 g/mol. The first kappa shape index (κ1) is 9.96. The van der Waals surface area contributed by atoms with Crippen LogP contribution in [0.3, 0.4) is 0 Å². The van der Waals surface area contributed by atoms with Gasteiger partial charge in [0, 0.05) is 6.92 Å². The van der Waals surface area contributed by atoms with Gasteiger partial charge >= 0.3 is 6.11 Å². The molecule has 0 bridgehead atoms. The summed E-state index contributed by atoms with van der Waals surface area (Å²) in [6.07, 6.45) is -2.42. The Bertz CT molecular complexity index is 278. The van der Waals surface area contributed by atoms with Crippen molar-refractivity contribution in [2.45, 2.75) is 26.4 Å². The van der Waals surface area contributed by atoms with Crippen molar-refractivity contribution in [2.24, 2.45) is 0 Å². The van der Waals surface area contributed by atoms with Gasteiger partial charge in [-0.2, -0.15) is 8.78 Å². The van der Waals surface area contributed by atoms with Crippen LogP contribution in [0.2, 0.25) is 0 Å². The maximum absolute atomic E-state index is 12.5. The summed E-state index contributed by atoms with van der Waals surface area (Å²) in [6, 6.07) is 6.82. The maximum atomic E-state index is 12.5. The molecule has 0 radical (unpaired) electrons. The Morgan fingerprint density at radius 1 is 1.31 bits per heavy atom. The lowest BCUT2D eigenvalue weighted by molar-refractivity contribution is -0.159. The van der Waals surface area contributed by atoms with Crippen molar-refractivity contribution >= 4 is 0 Å². The molecule has 1 aromatic carbocycles. The third kappa shape index (κ3) is 3.01. The molecule has 0 saturated heterocycles. The molecule has 1 rings (SSSR count). The molecule has 3 heteroatoms. The average Bonchev–Trinajstić information content (AvgIpc) is 2.02. The van der Waals surface area contributed by atoms with E-state index < -0.39 is 6.11 Å². The standard InChI is InChI=1S/C10H12F2O/c1-3-8-6-4-5-7-9(8)13-10(2,11)12/h4-7H,3H2,1-2H3. The number of para-hydroxylation sites is 1. The second-order valence-corrected chi connectivity index (χ2v) is 2.87. The summed E-state index contributed by atoms with van der Waals surface area (Å²) in [7, 11) is 0. The first-order chi connectivity index (χ1) is 6.03. The average molecular weight is 186 g/mol. The van der Waals surface area contributed by atoms with E-state index in [0.29, 0.717) is 6.42 Å². The maximum Gasteiger partial charge on any atom is 0.394 e. The fourth-order valence-electron chi connectivity index (χ4n) is 1.09. The lowest BCUT2D eigenvalue weighted by Gasteiger charge is -2.15. The normalized spacial score (nSPS) is 11.4. The number of alkyl halides is 2. The Morgan fingerprint density at radius 3 is 2.46 bits per heavy atom. The highest BCUT2D eigenvalue weighted by Crippen LogP contribution is 2.24. The van der Waals surface area contributed by atoms with E-state index >= 15 is 0 Å². The summed E-state index contributed by atoms with van der Waals surface area (Å²) in [4.78, 5) is 0. The minimum atomic E-state index is -3.11. The summed E-state index contributed by atoms with van der Waals surface area (Å²) >= 11 is 0. The Labute approximate surface area is 76.3 Å². The molecular formula is C10H12F2O. The van der Waals surface area contributed by atoms with Crippen molar-refractivity contribution in [3.8, 4) is 5.75 Å². The molecular weight excluding hydrogens is 174 g/mol. The van der Waals surface area contributed by atoms with Crippen LogP contribution in [0.25, 0.3) is 0 Å². The molecule has 0 aliphatic heterocycles. The van der Waals surface area contributed by atoms with Gasteiger partial charge in [-0.1, -0.05) is 25.1 Å². The predicted octanol–water partition coefficient (Wildman–Crippen LogP) is 3.24. The highest BCUT2D eigenvalue weighted by atomic mass is 19.3. The molecule has 0 aliphatic carbocycles. The van der Waals surface area contributed by atoms with Gasteiger partial charge in [-0.15, -0.1) is 0 Å². The fourth-order valence-corrected chi connectivity index (χ4v) is 1.09. The van der Waals surface area contributed by atoms with Gasteiger partial charge in [-0.3, -0.25) is 0 Å². The van der Waals surface area contributed by atoms with Crippen molar-refractivity contribution < 1.29 is 13.5 Å². The molecule has 0 saturated carbocycles. The van der Waals surface area contributed by atoms with E-state index in [1.54, 1.807) is 24.3 Å². The van der Waals surface area contributed by atoms with Gasteiger partial charge in [-0.05, 0) is 18.1 Å². The Balaban J connectivity index is 2.87. The summed E-state index contributed by atoms with van der Waals surface area (Å²) in [6.45, 7) is 2.63. The molecule has 0 unspecified atom stereocenters. The molecule has 0 atom stereocenters. The molecule has 0 amide bonds. The largest absolute Gasteiger partial charge is 0.432 e. The molecule has 13 heavy (non-hydrogen) atoms. The van der Waals surface area contributed by atoms with Crippen LogP contribution in [-0.2, 0) is 6.42 Å². The van der Waals surface area contributed by atoms with E-state index in [2.05, 4.69) is 4.74 Å². The number of benzene rings is 1. The van der Waals surface area contributed by atoms with Gasteiger partial charge in [0.1, 0.15) is 5.75 Å². The topological polar surface area (TPSA) is 9.23 Å². The number of aryl methyl sites for hydroxylation is 1. The molecule has 0 aromatic heterocycles. The van der Waals surface area contributed by atoms with Crippen LogP contribution in [0.4, 0.5) is 8.78 Å². The first-order valence-electron chi connectivity index (χ1n) is 4.17. The SMILES string of the molecule is CCc1ccccc1OC(C)(F)F. The van der Waals surface area contributed by atoms with Gasteiger partial charge in [0.2, 0.25) is 0 Å². The van der Waals surface area contributed by atoms with E-state index in [1.165, 1.54) is 0 Å². The van der Waals surface area contributed by atoms with Crippen LogP contribution < -0.4 is 4.74 Å². The van der Waals surface area contributed by atoms with Crippen LogP contribution in [-0.4, -0.2) is 6.11 Å². The van der Waals surface area contributed by atoms with Crippen molar-refractivity contribution in [1.29, 1.82) is 0 Å². The number of hydrogen-bond acceptors (Lipinski definition) is 1. The van der Waals surface area contributed by atoms with E-state index in [-0.39, 0.29) is 5.75 Å². The number of halogens is 2. The van der Waals surface area contributed by atoms with E-state index in [1.807, 2.05) is 6.92 Å². The molecule has 0 N–H and O–H groups in total. The molecule has 0 heterocycles. The molecule has 72 valence electrons. The van der Waals surface area contributed by atoms with Gasteiger partial charge in [-0.25, -0.2) is 0 Å². The van der Waals surface area contributed by atoms with Gasteiger partial charge in [0.25, 0.3) is 0 Å². The Hall–Kier alpha value is -1.12. The Morgan fingerprint density at radius 2 is 1.92 bits per heavy atom. The summed E-state index contributed by atoms with van der Waals surface area (Å²) in [5.74, 6) is 0.262. The molecule has 0 fully saturated rings. The second kappa shape index (κ2) is 3.73. The third-order valence-electron chi connectivity index (χ3n) is 1.64. The fraction of sp³-hybridized carbons (Fsp3) is 0.400. The zero-order chi connectivity index (χ0) is 9.90. The van der Waals surface area contributed by atoms with Crippen molar-refractivity contribution in [1.82, 2.24) is 0 Å². The van der Waals surface area contributed by atoms with Crippen molar-refractivity contribution in [3.63, 3.8) is 0 Å². The summed E-state index contributed by atoms with van der Waals surface area (Å²) < 4.78 is 29.5. The van der Waals surface area contributed by atoms with Crippen LogP contribution in [0.1, 0.15) is 19.4 Å². The predicted molar refractivity (Wildman–Crippen MR) is 47.1 cm³/mol. The van der Waals surface area contributed by atoms with E-state index in [4.69, 9.17) is 0 Å². The lowest BCUT2D eigenvalue weighted by atomic mass is 10.1. The molecule has 0 spiro atoms. The van der Waals surface area contributed by atoms with E-state index in [0.717, 1.165) is 12.5 Å². The third-order valence-corrected chi connectivity index (χ3v) is 1.64. The van der Waals surface area contributed by atoms with Crippen LogP contribution in [0.5, 0.6) is 5.75 Å². The molecule has 1 aromatic rings. The first-order valence-corrected chi connectivity index (χ1v) is 4.17. The molecule has 1 nitrogen and oxygen atoms in total. The quantitative estimate of drug-likeness (QED) is 0.704. The second-order valence-electron chi connectivity index (χ2n) is 2.87. The van der Waals surface area contributed by atoms with Crippen LogP contribution in [0.15, 0.2) is 24.3 Å². The minimum Gasteiger partial charge on any atom is -0.432 e. The van der Waals surface area contributed by atoms with Gasteiger partial charge in [0.15, 0.2) is 0 Å². The smallest absolute Gasteiger partial charge is 0.394 e. The van der Waals surface area contributed by atoms with Gasteiger partial charge < -0.3 is 4.74 Å². The molecule has 0 aliphatic rings. The van der Waals surface area contributed by atoms with Crippen LogP contribution >= 0.6 is 0 Å². The minimum absolute atomic E-state index is 0.262. The van der Waals surface area contributed by atoms with Crippen molar-refractivity contribution in [2.75, 3.05) is 0 Å². The Kier molecular flexibility index (Phi) is 2.86. The number of ether oxygens (including phenoxy) is 1. The number of rotatable bonds is 3. The van der Waals surface area contributed by atoms with Crippen LogP contribution in [0, 0.1) is 0 Å². The highest BCUT2D eigenvalue weighted by molar-refractivity contribution is 5.33.